The van der Waals surface area contributed by atoms with Crippen LogP contribution in [0.2, 0.25) is 0 Å². The van der Waals surface area contributed by atoms with Gasteiger partial charge in [0, 0.05) is 18.8 Å². The van der Waals surface area contributed by atoms with Crippen LogP contribution in [0.3, 0.4) is 0 Å². The van der Waals surface area contributed by atoms with Gasteiger partial charge in [0.1, 0.15) is 0 Å². The van der Waals surface area contributed by atoms with Gasteiger partial charge in [-0.1, -0.05) is 18.2 Å². The van der Waals surface area contributed by atoms with Crippen LogP contribution in [0.5, 0.6) is 0 Å². The lowest BCUT2D eigenvalue weighted by atomic mass is 10.1. The predicted octanol–water partition coefficient (Wildman–Crippen LogP) is 2.63. The summed E-state index contributed by atoms with van der Waals surface area (Å²) >= 11 is 0. The summed E-state index contributed by atoms with van der Waals surface area (Å²) in [6.07, 6.45) is 1.77. The van der Waals surface area contributed by atoms with Gasteiger partial charge in [0.2, 0.25) is 0 Å². The molecule has 2 rings (SSSR count). The van der Waals surface area contributed by atoms with Crippen LogP contribution in [0.25, 0.3) is 0 Å². The normalized spacial score (nSPS) is 12.1. The lowest BCUT2D eigenvalue weighted by Crippen LogP contribution is -2.19. The Balaban J connectivity index is 1.93. The number of carbonyl (C=O) groups is 1. The predicted molar refractivity (Wildman–Crippen MR) is 72.9 cm³/mol. The molecule has 19 heavy (non-hydrogen) atoms. The van der Waals surface area contributed by atoms with Crippen LogP contribution in [0, 0.1) is 0 Å². The fourth-order valence-corrected chi connectivity index (χ4v) is 1.77. The molecule has 0 radical (unpaired) electrons. The smallest absolute Gasteiger partial charge is 0.335 e. The van der Waals surface area contributed by atoms with Crippen LogP contribution in [0.4, 0.5) is 0 Å². The molecule has 0 saturated carbocycles. The zero-order valence-electron chi connectivity index (χ0n) is 10.7. The van der Waals surface area contributed by atoms with E-state index < -0.39 is 5.97 Å². The Kier molecular flexibility index (Phi) is 4.26. The van der Waals surface area contributed by atoms with Crippen molar-refractivity contribution in [2.24, 2.45) is 0 Å². The highest BCUT2D eigenvalue weighted by Gasteiger charge is 2.06. The fourth-order valence-electron chi connectivity index (χ4n) is 1.77. The van der Waals surface area contributed by atoms with Gasteiger partial charge in [-0.25, -0.2) is 4.79 Å². The third-order valence-electron chi connectivity index (χ3n) is 2.94. The van der Waals surface area contributed by atoms with Crippen molar-refractivity contribution in [3.8, 4) is 0 Å². The number of aromatic nitrogens is 1. The second kappa shape index (κ2) is 6.11. The van der Waals surface area contributed by atoms with Crippen LogP contribution in [0.1, 0.15) is 34.6 Å². The largest absolute Gasteiger partial charge is 0.478 e. The number of benzene rings is 1. The van der Waals surface area contributed by atoms with E-state index in [1.807, 2.05) is 37.3 Å². The van der Waals surface area contributed by atoms with Crippen LogP contribution in [-0.2, 0) is 6.54 Å². The standard InChI is InChI=1S/C15H16N2O2/c1-11(14-4-2-3-9-16-14)17-10-12-5-7-13(8-6-12)15(18)19/h2-9,11,17H,10H2,1H3,(H,18,19). The lowest BCUT2D eigenvalue weighted by molar-refractivity contribution is 0.0697. The number of pyridine rings is 1. The first-order valence-electron chi connectivity index (χ1n) is 6.13. The Labute approximate surface area is 112 Å². The molecule has 0 aliphatic rings. The summed E-state index contributed by atoms with van der Waals surface area (Å²) in [5.41, 5.74) is 2.35. The number of carboxylic acid groups (broad SMARTS) is 1. The first-order chi connectivity index (χ1) is 9.16. The first kappa shape index (κ1) is 13.2. The molecule has 0 fully saturated rings. The van der Waals surface area contributed by atoms with Crippen LogP contribution >= 0.6 is 0 Å². The average Bonchev–Trinajstić information content (AvgIpc) is 2.46. The summed E-state index contributed by atoms with van der Waals surface area (Å²) in [4.78, 5) is 15.0. The van der Waals surface area contributed by atoms with Crippen molar-refractivity contribution in [3.05, 3.63) is 65.5 Å². The van der Waals surface area contributed by atoms with E-state index in [0.717, 1.165) is 11.3 Å². The molecule has 2 aromatic rings. The minimum Gasteiger partial charge on any atom is -0.478 e. The maximum Gasteiger partial charge on any atom is 0.335 e. The van der Waals surface area contributed by atoms with E-state index in [4.69, 9.17) is 5.11 Å². The zero-order valence-corrected chi connectivity index (χ0v) is 10.7. The Morgan fingerprint density at radius 1 is 1.26 bits per heavy atom. The number of aromatic carboxylic acids is 1. The van der Waals surface area contributed by atoms with E-state index >= 15 is 0 Å². The first-order valence-corrected chi connectivity index (χ1v) is 6.13. The van der Waals surface area contributed by atoms with Gasteiger partial charge in [-0.2, -0.15) is 0 Å². The highest BCUT2D eigenvalue weighted by Crippen LogP contribution is 2.10. The van der Waals surface area contributed by atoms with Crippen molar-refractivity contribution in [2.75, 3.05) is 0 Å². The molecule has 98 valence electrons. The van der Waals surface area contributed by atoms with Crippen LogP contribution in [-0.4, -0.2) is 16.1 Å². The molecule has 2 N–H and O–H groups in total. The van der Waals surface area contributed by atoms with Crippen molar-refractivity contribution in [1.29, 1.82) is 0 Å². The van der Waals surface area contributed by atoms with Crippen molar-refractivity contribution in [1.82, 2.24) is 10.3 Å². The number of hydrogen-bond acceptors (Lipinski definition) is 3. The maximum atomic E-state index is 10.7. The molecule has 0 saturated heterocycles. The second-order valence-electron chi connectivity index (χ2n) is 4.36. The Bertz CT molecular complexity index is 538. The van der Waals surface area contributed by atoms with Crippen LogP contribution < -0.4 is 5.32 Å². The van der Waals surface area contributed by atoms with Gasteiger partial charge in [0.05, 0.1) is 11.3 Å². The highest BCUT2D eigenvalue weighted by molar-refractivity contribution is 5.87. The summed E-state index contributed by atoms with van der Waals surface area (Å²) in [6, 6.07) is 12.9. The maximum absolute atomic E-state index is 10.7. The molecule has 0 aliphatic heterocycles. The quantitative estimate of drug-likeness (QED) is 0.863. The third-order valence-corrected chi connectivity index (χ3v) is 2.94. The molecule has 1 unspecified atom stereocenters. The van der Waals surface area contributed by atoms with Gasteiger partial charge in [-0.05, 0) is 36.8 Å². The Morgan fingerprint density at radius 2 is 2.00 bits per heavy atom. The summed E-state index contributed by atoms with van der Waals surface area (Å²) in [7, 11) is 0. The number of carboxylic acids is 1. The van der Waals surface area contributed by atoms with Crippen molar-refractivity contribution < 1.29 is 9.90 Å². The lowest BCUT2D eigenvalue weighted by Gasteiger charge is -2.13. The van der Waals surface area contributed by atoms with Crippen molar-refractivity contribution in [2.45, 2.75) is 19.5 Å². The van der Waals surface area contributed by atoms with E-state index in [1.54, 1.807) is 18.3 Å². The van der Waals surface area contributed by atoms with Gasteiger partial charge in [0.25, 0.3) is 0 Å². The minimum atomic E-state index is -0.902. The second-order valence-corrected chi connectivity index (χ2v) is 4.36. The number of nitrogens with zero attached hydrogens (tertiary/aromatic N) is 1. The van der Waals surface area contributed by atoms with Crippen molar-refractivity contribution in [3.63, 3.8) is 0 Å². The molecule has 1 atom stereocenters. The summed E-state index contributed by atoms with van der Waals surface area (Å²) < 4.78 is 0. The molecule has 1 aromatic heterocycles. The molecule has 0 bridgehead atoms. The van der Waals surface area contributed by atoms with Crippen molar-refractivity contribution >= 4 is 5.97 Å². The minimum absolute atomic E-state index is 0.153. The average molecular weight is 256 g/mol. The van der Waals surface area contributed by atoms with Gasteiger partial charge < -0.3 is 10.4 Å². The Morgan fingerprint density at radius 3 is 2.58 bits per heavy atom. The third kappa shape index (κ3) is 3.63. The Hall–Kier alpha value is -2.20. The fraction of sp³-hybridized carbons (Fsp3) is 0.200. The number of nitrogens with one attached hydrogen (secondary N) is 1. The monoisotopic (exact) mass is 256 g/mol. The molecular formula is C15H16N2O2. The molecule has 1 heterocycles. The number of hydrogen-bond donors (Lipinski definition) is 2. The summed E-state index contributed by atoms with van der Waals surface area (Å²) in [6.45, 7) is 2.73. The SMILES string of the molecule is CC(NCc1ccc(C(=O)O)cc1)c1ccccn1. The zero-order chi connectivity index (χ0) is 13.7. The molecule has 1 aromatic carbocycles. The molecule has 4 nitrogen and oxygen atoms in total. The summed E-state index contributed by atoms with van der Waals surface area (Å²) in [5, 5.41) is 12.2. The topological polar surface area (TPSA) is 62.2 Å². The van der Waals surface area contributed by atoms with Crippen LogP contribution in [0.15, 0.2) is 48.7 Å². The van der Waals surface area contributed by atoms with E-state index in [1.165, 1.54) is 0 Å². The number of rotatable bonds is 5. The van der Waals surface area contributed by atoms with Gasteiger partial charge in [-0.15, -0.1) is 0 Å². The molecule has 0 amide bonds. The van der Waals surface area contributed by atoms with E-state index in [-0.39, 0.29) is 6.04 Å². The van der Waals surface area contributed by atoms with Gasteiger partial charge in [0.15, 0.2) is 0 Å². The van der Waals surface area contributed by atoms with E-state index in [0.29, 0.717) is 12.1 Å². The van der Waals surface area contributed by atoms with Gasteiger partial charge >= 0.3 is 5.97 Å². The van der Waals surface area contributed by atoms with E-state index in [9.17, 15) is 4.79 Å². The molecule has 0 spiro atoms. The highest BCUT2D eigenvalue weighted by atomic mass is 16.4. The summed E-state index contributed by atoms with van der Waals surface area (Å²) in [5.74, 6) is -0.902. The molecular weight excluding hydrogens is 240 g/mol. The molecule has 0 aliphatic carbocycles. The van der Waals surface area contributed by atoms with E-state index in [2.05, 4.69) is 10.3 Å². The van der Waals surface area contributed by atoms with Gasteiger partial charge in [-0.3, -0.25) is 4.98 Å². The molecule has 4 heteroatoms.